The minimum atomic E-state index is 0. The summed E-state index contributed by atoms with van der Waals surface area (Å²) in [6.07, 6.45) is 0. The van der Waals surface area contributed by atoms with Crippen LogP contribution in [0.5, 0.6) is 0 Å². The molecule has 0 spiro atoms. The molecule has 0 saturated carbocycles. The van der Waals surface area contributed by atoms with Gasteiger partial charge in [-0.1, -0.05) is 0 Å². The second-order valence-electron chi connectivity index (χ2n) is 0. The molecule has 0 aliphatic heterocycles. The van der Waals surface area contributed by atoms with E-state index in [9.17, 15) is 0 Å². The average Bonchev–Trinajstić information content (AvgIpc) is 1.00. The van der Waals surface area contributed by atoms with Crippen LogP contribution in [0.15, 0.2) is 0 Å². The van der Waals surface area contributed by atoms with E-state index in [2.05, 4.69) is 0 Å². The van der Waals surface area contributed by atoms with Gasteiger partial charge >= 0.3 is 37.7 Å². The predicted molar refractivity (Wildman–Crippen MR) is 15.7 cm³/mol. The molecule has 2 nitrogen and oxygen atoms in total. The summed E-state index contributed by atoms with van der Waals surface area (Å²) in [6.45, 7) is 0. The minimum absolute atomic E-state index is 0. The molecule has 4 heavy (non-hydrogen) atoms. The minimum Gasteiger partial charge on any atom is -2.00 e. The summed E-state index contributed by atoms with van der Waals surface area (Å²) < 4.78 is 8.28. The van der Waals surface area contributed by atoms with Gasteiger partial charge in [-0.05, 0) is 0 Å². The summed E-state index contributed by atoms with van der Waals surface area (Å²) in [5.74, 6) is 0. The van der Waals surface area contributed by atoms with Gasteiger partial charge in [-0.3, -0.25) is 0 Å². The van der Waals surface area contributed by atoms with Gasteiger partial charge in [0.25, 0.3) is 0 Å². The molecule has 0 saturated heterocycles. The van der Waals surface area contributed by atoms with E-state index in [0.29, 0.717) is 10.1 Å². The Kier molecular flexibility index (Phi) is 136. The molecule has 0 rings (SSSR count). The van der Waals surface area contributed by atoms with E-state index >= 15 is 0 Å². The smallest absolute Gasteiger partial charge is 2.00 e. The third-order valence-electron chi connectivity index (χ3n) is 0. The molecule has 0 aromatic heterocycles. The van der Waals surface area contributed by atoms with Gasteiger partial charge in [0.05, 0.1) is 0 Å². The van der Waals surface area contributed by atoms with Crippen LogP contribution in [-0.2, 0) is 9.94 Å². The molecule has 4 heteroatoms. The first-order valence-corrected chi connectivity index (χ1v) is 0.866. The van der Waals surface area contributed by atoms with Crippen molar-refractivity contribution in [2.45, 2.75) is 0 Å². The van der Waals surface area contributed by atoms with Crippen molar-refractivity contribution in [3.63, 3.8) is 0 Å². The molecule has 0 heterocycles. The van der Waals surface area contributed by atoms with Gasteiger partial charge in [-0.25, -0.2) is 0 Å². The normalized spacial score (nSPS) is 1.00. The average molecular weight is 102 g/mol. The van der Waals surface area contributed by atoms with Crippen LogP contribution in [0, 0.1) is 0 Å². The topological polar surface area (TPSA) is 45.6 Å². The first kappa shape index (κ1) is 18.8. The van der Waals surface area contributed by atoms with Crippen LogP contribution in [0.4, 0.5) is 0 Å². The first-order valence-electron chi connectivity index (χ1n) is 0.289. The van der Waals surface area contributed by atoms with E-state index in [1.807, 2.05) is 0 Å². The Labute approximate surface area is 57.4 Å². The summed E-state index contributed by atoms with van der Waals surface area (Å²) in [5, 5.41) is 0. The second kappa shape index (κ2) is 29.0. The van der Waals surface area contributed by atoms with E-state index in [1.54, 1.807) is 0 Å². The maximum atomic E-state index is 8.28. The summed E-state index contributed by atoms with van der Waals surface area (Å²) in [6, 6.07) is 0. The molecule has 0 atom stereocenters. The summed E-state index contributed by atoms with van der Waals surface area (Å²) in [5.41, 5.74) is 0. The molecule has 0 radical (unpaired) electrons. The van der Waals surface area contributed by atoms with Gasteiger partial charge in [0.1, 0.15) is 0 Å². The quantitative estimate of drug-likeness (QED) is 0.342. The third-order valence-corrected chi connectivity index (χ3v) is 0. The Morgan fingerprint density at radius 3 is 1.25 bits per heavy atom. The van der Waals surface area contributed by atoms with Crippen molar-refractivity contribution in [1.29, 1.82) is 0 Å². The molecule has 0 aliphatic carbocycles. The monoisotopic (exact) mass is 102 g/mol. The van der Waals surface area contributed by atoms with Crippen molar-refractivity contribution < 1.29 is 9.94 Å². The molecule has 0 unspecified atom stereocenters. The summed E-state index contributed by atoms with van der Waals surface area (Å²) in [7, 11) is 0.611. The van der Waals surface area contributed by atoms with E-state index in [1.165, 1.54) is 0 Å². The van der Waals surface area contributed by atoms with Crippen LogP contribution in [0.25, 0.3) is 0 Å². The standard InChI is InChI=1S/Ca.H2OSi.O/c;1-2;/h;2H2;/q+2;;-2. The molecule has 0 N–H and O–H groups in total. The third kappa shape index (κ3) is 10.6. The molecular formula is H2CaO2Si. The second-order valence-corrected chi connectivity index (χ2v) is 0. The molecule has 0 aromatic carbocycles. The fourth-order valence-electron chi connectivity index (χ4n) is 0. The Balaban J connectivity index is -0.00000000500. The van der Waals surface area contributed by atoms with E-state index in [4.69, 9.17) is 4.46 Å². The van der Waals surface area contributed by atoms with Crippen molar-refractivity contribution in [1.82, 2.24) is 0 Å². The largest absolute Gasteiger partial charge is 2.00 e. The molecule has 0 amide bonds. The van der Waals surface area contributed by atoms with Crippen LogP contribution in [0.3, 0.4) is 0 Å². The number of hydrogen-bond donors (Lipinski definition) is 0. The van der Waals surface area contributed by atoms with Crippen molar-refractivity contribution in [3.05, 3.63) is 0 Å². The zero-order valence-electron chi connectivity index (χ0n) is 2.23. The molecule has 20 valence electrons. The van der Waals surface area contributed by atoms with Gasteiger partial charge < -0.3 is 9.94 Å². The summed E-state index contributed by atoms with van der Waals surface area (Å²) in [4.78, 5) is 0. The zero-order chi connectivity index (χ0) is 2.00. The van der Waals surface area contributed by atoms with Crippen LogP contribution in [0.2, 0.25) is 0 Å². The van der Waals surface area contributed by atoms with Crippen LogP contribution in [0.1, 0.15) is 0 Å². The molecule has 0 aliphatic rings. The molecule has 0 bridgehead atoms. The van der Waals surface area contributed by atoms with Crippen molar-refractivity contribution in [2.75, 3.05) is 0 Å². The Morgan fingerprint density at radius 2 is 1.25 bits per heavy atom. The van der Waals surface area contributed by atoms with Crippen molar-refractivity contribution in [2.24, 2.45) is 0 Å². The maximum Gasteiger partial charge on any atom is 2.00 e. The van der Waals surface area contributed by atoms with Crippen LogP contribution in [-0.4, -0.2) is 47.9 Å². The summed E-state index contributed by atoms with van der Waals surface area (Å²) >= 11 is 0. The number of rotatable bonds is 0. The van der Waals surface area contributed by atoms with E-state index in [-0.39, 0.29) is 43.2 Å². The SMILES string of the molecule is O=[SiH2].[Ca+2].[O-2]. The van der Waals surface area contributed by atoms with Crippen LogP contribution >= 0.6 is 0 Å². The Morgan fingerprint density at radius 1 is 1.25 bits per heavy atom. The Hall–Kier alpha value is 1.24. The van der Waals surface area contributed by atoms with Gasteiger partial charge in [0, 0.05) is 0 Å². The van der Waals surface area contributed by atoms with Crippen molar-refractivity contribution >= 4 is 47.9 Å². The van der Waals surface area contributed by atoms with Gasteiger partial charge in [-0.15, -0.1) is 0 Å². The van der Waals surface area contributed by atoms with Crippen molar-refractivity contribution in [3.8, 4) is 0 Å². The van der Waals surface area contributed by atoms with Gasteiger partial charge in [-0.2, -0.15) is 0 Å². The first-order chi connectivity index (χ1) is 1.00. The van der Waals surface area contributed by atoms with Crippen LogP contribution < -0.4 is 0 Å². The Bertz CT molecular complexity index is 6.00. The fourth-order valence-corrected chi connectivity index (χ4v) is 0. The maximum absolute atomic E-state index is 8.28. The predicted octanol–water partition coefficient (Wildman–Crippen LogP) is -1.53. The molecular weight excluding hydrogens is 100 g/mol. The molecule has 0 aromatic rings. The zero-order valence-corrected chi connectivity index (χ0v) is 5.85. The molecule has 0 fully saturated rings. The van der Waals surface area contributed by atoms with Gasteiger partial charge in [0.2, 0.25) is 10.1 Å². The fraction of sp³-hybridized carbons (Fsp3) is 0. The van der Waals surface area contributed by atoms with E-state index in [0.717, 1.165) is 0 Å². The number of hydrogen-bond acceptors (Lipinski definition) is 1. The van der Waals surface area contributed by atoms with E-state index < -0.39 is 0 Å². The van der Waals surface area contributed by atoms with Gasteiger partial charge in [0.15, 0.2) is 0 Å².